The Hall–Kier alpha value is -2.12. The Labute approximate surface area is 119 Å². The second-order valence-electron chi connectivity index (χ2n) is 4.82. The van der Waals surface area contributed by atoms with Crippen LogP contribution in [0.3, 0.4) is 0 Å². The topological polar surface area (TPSA) is 61.8 Å². The molecule has 1 N–H and O–H groups in total. The molecule has 1 aromatic heterocycles. The highest BCUT2D eigenvalue weighted by Crippen LogP contribution is 2.13. The summed E-state index contributed by atoms with van der Waals surface area (Å²) in [6.07, 6.45) is 4.88. The Balaban J connectivity index is 2.21. The molecule has 4 nitrogen and oxygen atoms in total. The molecule has 1 heterocycles. The van der Waals surface area contributed by atoms with Crippen LogP contribution in [0, 0.1) is 11.3 Å². The van der Waals surface area contributed by atoms with Gasteiger partial charge < -0.3 is 9.67 Å². The fourth-order valence-electron chi connectivity index (χ4n) is 2.17. The van der Waals surface area contributed by atoms with Crippen molar-refractivity contribution < 1.29 is 5.11 Å². The largest absolute Gasteiger partial charge is 0.390 e. The summed E-state index contributed by atoms with van der Waals surface area (Å²) < 4.78 is 2.07. The molecular formula is C16H19N3O. The lowest BCUT2D eigenvalue weighted by atomic mass is 10.1. The predicted octanol–water partition coefficient (Wildman–Crippen LogP) is 2.64. The van der Waals surface area contributed by atoms with Crippen molar-refractivity contribution in [2.24, 2.45) is 0 Å². The van der Waals surface area contributed by atoms with E-state index in [9.17, 15) is 5.11 Å². The maximum atomic E-state index is 9.41. The van der Waals surface area contributed by atoms with Crippen molar-refractivity contribution in [2.45, 2.75) is 39.3 Å². The van der Waals surface area contributed by atoms with E-state index in [4.69, 9.17) is 5.26 Å². The molecule has 2 aromatic rings. The summed E-state index contributed by atoms with van der Waals surface area (Å²) in [5.41, 5.74) is 2.60. The fourth-order valence-corrected chi connectivity index (χ4v) is 2.17. The van der Waals surface area contributed by atoms with E-state index in [1.54, 1.807) is 6.20 Å². The SMILES string of the molecule is CCCCc1ncc(CO)n1Cc1ccc(C#N)cc1. The number of nitrogens with zero attached hydrogens (tertiary/aromatic N) is 3. The van der Waals surface area contributed by atoms with Crippen molar-refractivity contribution in [3.05, 3.63) is 53.1 Å². The van der Waals surface area contributed by atoms with E-state index >= 15 is 0 Å². The van der Waals surface area contributed by atoms with Crippen molar-refractivity contribution in [3.8, 4) is 6.07 Å². The van der Waals surface area contributed by atoms with Gasteiger partial charge in [0.05, 0.1) is 30.1 Å². The van der Waals surface area contributed by atoms with Gasteiger partial charge in [-0.25, -0.2) is 4.98 Å². The average Bonchev–Trinajstić information content (AvgIpc) is 2.88. The number of aliphatic hydroxyl groups excluding tert-OH is 1. The molecule has 0 saturated carbocycles. The molecule has 0 amide bonds. The number of unbranched alkanes of at least 4 members (excludes halogenated alkanes) is 1. The minimum absolute atomic E-state index is 0.00456. The number of benzene rings is 1. The van der Waals surface area contributed by atoms with Gasteiger partial charge in [0.2, 0.25) is 0 Å². The van der Waals surface area contributed by atoms with E-state index < -0.39 is 0 Å². The molecule has 2 rings (SSSR count). The Kier molecular flexibility index (Phi) is 4.91. The van der Waals surface area contributed by atoms with Crippen LogP contribution in [-0.2, 0) is 19.6 Å². The Morgan fingerprint density at radius 2 is 2.05 bits per heavy atom. The van der Waals surface area contributed by atoms with Crippen molar-refractivity contribution in [3.63, 3.8) is 0 Å². The molecule has 0 fully saturated rings. The van der Waals surface area contributed by atoms with Gasteiger partial charge in [0.1, 0.15) is 5.82 Å². The second kappa shape index (κ2) is 6.88. The Bertz CT molecular complexity index is 593. The zero-order valence-corrected chi connectivity index (χ0v) is 11.7. The first-order valence-electron chi connectivity index (χ1n) is 6.91. The first-order chi connectivity index (χ1) is 9.78. The van der Waals surface area contributed by atoms with Crippen LogP contribution in [0.1, 0.15) is 42.4 Å². The summed E-state index contributed by atoms with van der Waals surface area (Å²) in [7, 11) is 0. The van der Waals surface area contributed by atoms with Crippen LogP contribution in [0.4, 0.5) is 0 Å². The van der Waals surface area contributed by atoms with Crippen molar-refractivity contribution >= 4 is 0 Å². The van der Waals surface area contributed by atoms with Gasteiger partial charge in [0, 0.05) is 13.0 Å². The zero-order chi connectivity index (χ0) is 14.4. The second-order valence-corrected chi connectivity index (χ2v) is 4.82. The smallest absolute Gasteiger partial charge is 0.109 e. The Morgan fingerprint density at radius 3 is 2.65 bits per heavy atom. The zero-order valence-electron chi connectivity index (χ0n) is 11.7. The highest BCUT2D eigenvalue weighted by Gasteiger charge is 2.09. The monoisotopic (exact) mass is 269 g/mol. The van der Waals surface area contributed by atoms with Crippen molar-refractivity contribution in [1.29, 1.82) is 5.26 Å². The van der Waals surface area contributed by atoms with Crippen molar-refractivity contribution in [2.75, 3.05) is 0 Å². The highest BCUT2D eigenvalue weighted by molar-refractivity contribution is 5.32. The number of aromatic nitrogens is 2. The van der Waals surface area contributed by atoms with E-state index in [2.05, 4.69) is 22.5 Å². The van der Waals surface area contributed by atoms with Gasteiger partial charge in [0.15, 0.2) is 0 Å². The summed E-state index contributed by atoms with van der Waals surface area (Å²) in [5, 5.41) is 18.2. The molecule has 104 valence electrons. The molecule has 0 saturated heterocycles. The quantitative estimate of drug-likeness (QED) is 0.877. The lowest BCUT2D eigenvalue weighted by Crippen LogP contribution is -2.09. The number of imidazole rings is 1. The first kappa shape index (κ1) is 14.3. The van der Waals surface area contributed by atoms with Gasteiger partial charge in [-0.3, -0.25) is 0 Å². The maximum absolute atomic E-state index is 9.41. The lowest BCUT2D eigenvalue weighted by Gasteiger charge is -2.11. The highest BCUT2D eigenvalue weighted by atomic mass is 16.3. The number of hydrogen-bond acceptors (Lipinski definition) is 3. The molecule has 4 heteroatoms. The molecule has 0 atom stereocenters. The minimum atomic E-state index is -0.00456. The third kappa shape index (κ3) is 3.25. The number of nitriles is 1. The van der Waals surface area contributed by atoms with Crippen LogP contribution in [0.5, 0.6) is 0 Å². The van der Waals surface area contributed by atoms with Crippen LogP contribution in [0.2, 0.25) is 0 Å². The molecular weight excluding hydrogens is 250 g/mol. The minimum Gasteiger partial charge on any atom is -0.390 e. The standard InChI is InChI=1S/C16H19N3O/c1-2-3-4-16-18-10-15(12-20)19(16)11-14-7-5-13(9-17)6-8-14/h5-8,10,20H,2-4,11-12H2,1H3. The van der Waals surface area contributed by atoms with Gasteiger partial charge >= 0.3 is 0 Å². The number of hydrogen-bond donors (Lipinski definition) is 1. The average molecular weight is 269 g/mol. The summed E-state index contributed by atoms with van der Waals surface area (Å²) in [6, 6.07) is 9.64. The molecule has 0 aliphatic rings. The van der Waals surface area contributed by atoms with E-state index in [0.717, 1.165) is 36.3 Å². The van der Waals surface area contributed by atoms with Crippen LogP contribution in [-0.4, -0.2) is 14.7 Å². The third-order valence-electron chi connectivity index (χ3n) is 3.36. The van der Waals surface area contributed by atoms with Gasteiger partial charge in [0.25, 0.3) is 0 Å². The summed E-state index contributed by atoms with van der Waals surface area (Å²) in [5.74, 6) is 1.01. The van der Waals surface area contributed by atoms with Crippen molar-refractivity contribution in [1.82, 2.24) is 9.55 Å². The fraction of sp³-hybridized carbons (Fsp3) is 0.375. The van der Waals surface area contributed by atoms with Gasteiger partial charge in [-0.2, -0.15) is 5.26 Å². The lowest BCUT2D eigenvalue weighted by molar-refractivity contribution is 0.271. The van der Waals surface area contributed by atoms with Crippen LogP contribution >= 0.6 is 0 Å². The van der Waals surface area contributed by atoms with E-state index in [1.807, 2.05) is 24.3 Å². The summed E-state index contributed by atoms with van der Waals surface area (Å²) in [4.78, 5) is 4.40. The van der Waals surface area contributed by atoms with Gasteiger partial charge in [-0.15, -0.1) is 0 Å². The molecule has 0 aliphatic heterocycles. The van der Waals surface area contributed by atoms with E-state index in [0.29, 0.717) is 12.1 Å². The summed E-state index contributed by atoms with van der Waals surface area (Å²) >= 11 is 0. The Morgan fingerprint density at radius 1 is 1.30 bits per heavy atom. The molecule has 0 radical (unpaired) electrons. The predicted molar refractivity (Wildman–Crippen MR) is 77.0 cm³/mol. The first-order valence-corrected chi connectivity index (χ1v) is 6.91. The van der Waals surface area contributed by atoms with Gasteiger partial charge in [-0.1, -0.05) is 25.5 Å². The van der Waals surface area contributed by atoms with Crippen LogP contribution in [0.25, 0.3) is 0 Å². The molecule has 0 aliphatic carbocycles. The summed E-state index contributed by atoms with van der Waals surface area (Å²) in [6.45, 7) is 2.83. The number of aliphatic hydroxyl groups is 1. The normalized spacial score (nSPS) is 10.4. The van der Waals surface area contributed by atoms with Crippen LogP contribution < -0.4 is 0 Å². The number of rotatable bonds is 6. The maximum Gasteiger partial charge on any atom is 0.109 e. The molecule has 0 spiro atoms. The molecule has 0 unspecified atom stereocenters. The molecule has 0 bridgehead atoms. The third-order valence-corrected chi connectivity index (χ3v) is 3.36. The van der Waals surface area contributed by atoms with E-state index in [-0.39, 0.29) is 6.61 Å². The molecule has 1 aromatic carbocycles. The van der Waals surface area contributed by atoms with E-state index in [1.165, 1.54) is 0 Å². The van der Waals surface area contributed by atoms with Crippen LogP contribution in [0.15, 0.2) is 30.5 Å². The number of aryl methyl sites for hydroxylation is 1. The van der Waals surface area contributed by atoms with Gasteiger partial charge in [-0.05, 0) is 24.1 Å². The molecule has 20 heavy (non-hydrogen) atoms.